The fourth-order valence-electron chi connectivity index (χ4n) is 1.26. The summed E-state index contributed by atoms with van der Waals surface area (Å²) >= 11 is 0. The molecule has 1 aromatic carbocycles. The molecule has 0 fully saturated rings. The zero-order valence-corrected chi connectivity index (χ0v) is 9.42. The van der Waals surface area contributed by atoms with E-state index in [-0.39, 0.29) is 5.82 Å². The second-order valence-electron chi connectivity index (χ2n) is 4.14. The van der Waals surface area contributed by atoms with Gasteiger partial charge in [0, 0.05) is 12.1 Å². The van der Waals surface area contributed by atoms with Crippen LogP contribution < -0.4 is 5.73 Å². The molecule has 82 valence electrons. The SMILES string of the molecule is Cc1cc(F)cc(C(N)=NCC(C)C)c1. The van der Waals surface area contributed by atoms with Gasteiger partial charge >= 0.3 is 0 Å². The van der Waals surface area contributed by atoms with E-state index >= 15 is 0 Å². The first-order valence-electron chi connectivity index (χ1n) is 5.06. The second-order valence-corrected chi connectivity index (χ2v) is 4.14. The van der Waals surface area contributed by atoms with Crippen LogP contribution in [-0.4, -0.2) is 12.4 Å². The van der Waals surface area contributed by atoms with E-state index in [1.165, 1.54) is 12.1 Å². The van der Waals surface area contributed by atoms with Gasteiger partial charge in [0.25, 0.3) is 0 Å². The molecular weight excluding hydrogens is 191 g/mol. The fourth-order valence-corrected chi connectivity index (χ4v) is 1.26. The summed E-state index contributed by atoms with van der Waals surface area (Å²) in [4.78, 5) is 4.20. The number of amidine groups is 1. The number of benzene rings is 1. The van der Waals surface area contributed by atoms with Gasteiger partial charge in [0.15, 0.2) is 0 Å². The van der Waals surface area contributed by atoms with Crippen molar-refractivity contribution in [2.24, 2.45) is 16.6 Å². The van der Waals surface area contributed by atoms with E-state index in [4.69, 9.17) is 5.73 Å². The van der Waals surface area contributed by atoms with Crippen molar-refractivity contribution in [2.75, 3.05) is 6.54 Å². The van der Waals surface area contributed by atoms with E-state index in [0.717, 1.165) is 5.56 Å². The van der Waals surface area contributed by atoms with Crippen LogP contribution in [0.4, 0.5) is 4.39 Å². The van der Waals surface area contributed by atoms with E-state index in [0.29, 0.717) is 23.9 Å². The summed E-state index contributed by atoms with van der Waals surface area (Å²) in [5.74, 6) is 0.595. The van der Waals surface area contributed by atoms with Crippen LogP contribution in [0.25, 0.3) is 0 Å². The molecule has 1 aromatic rings. The van der Waals surface area contributed by atoms with Gasteiger partial charge in [-0.25, -0.2) is 4.39 Å². The molecule has 0 aliphatic rings. The summed E-state index contributed by atoms with van der Waals surface area (Å²) in [7, 11) is 0. The van der Waals surface area contributed by atoms with Gasteiger partial charge in [0.1, 0.15) is 11.7 Å². The monoisotopic (exact) mass is 208 g/mol. The predicted octanol–water partition coefficient (Wildman–Crippen LogP) is 2.50. The first-order valence-corrected chi connectivity index (χ1v) is 5.06. The van der Waals surface area contributed by atoms with Gasteiger partial charge in [-0.2, -0.15) is 0 Å². The average Bonchev–Trinajstić information content (AvgIpc) is 2.12. The summed E-state index contributed by atoms with van der Waals surface area (Å²) in [5.41, 5.74) is 7.28. The Hall–Kier alpha value is -1.38. The first-order chi connectivity index (χ1) is 6.99. The van der Waals surface area contributed by atoms with Gasteiger partial charge in [-0.05, 0) is 36.6 Å². The van der Waals surface area contributed by atoms with Gasteiger partial charge in [-0.3, -0.25) is 4.99 Å². The molecule has 0 spiro atoms. The number of halogens is 1. The topological polar surface area (TPSA) is 38.4 Å². The Labute approximate surface area is 90.0 Å². The number of rotatable bonds is 3. The zero-order valence-electron chi connectivity index (χ0n) is 9.42. The molecule has 0 bridgehead atoms. The largest absolute Gasteiger partial charge is 0.384 e. The fraction of sp³-hybridized carbons (Fsp3) is 0.417. The number of nitrogens with two attached hydrogens (primary N) is 1. The summed E-state index contributed by atoms with van der Waals surface area (Å²) < 4.78 is 13.1. The maximum Gasteiger partial charge on any atom is 0.125 e. The third kappa shape index (κ3) is 3.70. The lowest BCUT2D eigenvalue weighted by Gasteiger charge is -2.04. The maximum absolute atomic E-state index is 13.1. The first kappa shape index (κ1) is 11.7. The molecule has 2 N–H and O–H groups in total. The van der Waals surface area contributed by atoms with Crippen molar-refractivity contribution < 1.29 is 4.39 Å². The third-order valence-electron chi connectivity index (χ3n) is 1.96. The molecule has 0 heterocycles. The Bertz CT molecular complexity index is 350. The Balaban J connectivity index is 2.90. The number of hydrogen-bond donors (Lipinski definition) is 1. The molecule has 0 saturated heterocycles. The number of hydrogen-bond acceptors (Lipinski definition) is 1. The van der Waals surface area contributed by atoms with Crippen LogP contribution in [0.5, 0.6) is 0 Å². The molecule has 0 amide bonds. The van der Waals surface area contributed by atoms with Crippen LogP contribution in [0.3, 0.4) is 0 Å². The highest BCUT2D eigenvalue weighted by Gasteiger charge is 2.02. The van der Waals surface area contributed by atoms with Gasteiger partial charge in [-0.1, -0.05) is 13.8 Å². The van der Waals surface area contributed by atoms with Crippen LogP contribution in [0.1, 0.15) is 25.0 Å². The van der Waals surface area contributed by atoms with Crippen LogP contribution in [-0.2, 0) is 0 Å². The highest BCUT2D eigenvalue weighted by molar-refractivity contribution is 5.97. The van der Waals surface area contributed by atoms with Crippen LogP contribution >= 0.6 is 0 Å². The number of aryl methyl sites for hydroxylation is 1. The molecule has 0 unspecified atom stereocenters. The van der Waals surface area contributed by atoms with Crippen LogP contribution in [0, 0.1) is 18.7 Å². The predicted molar refractivity (Wildman–Crippen MR) is 61.6 cm³/mol. The van der Waals surface area contributed by atoms with Crippen molar-refractivity contribution in [3.05, 3.63) is 35.1 Å². The minimum Gasteiger partial charge on any atom is -0.384 e. The second kappa shape index (κ2) is 4.91. The Morgan fingerprint density at radius 2 is 2.07 bits per heavy atom. The highest BCUT2D eigenvalue weighted by atomic mass is 19.1. The molecule has 15 heavy (non-hydrogen) atoms. The van der Waals surface area contributed by atoms with Crippen molar-refractivity contribution in [1.29, 1.82) is 0 Å². The number of aliphatic imine (C=N–C) groups is 1. The standard InChI is InChI=1S/C12H17FN2/c1-8(2)7-15-12(14)10-4-9(3)5-11(13)6-10/h4-6,8H,7H2,1-3H3,(H2,14,15). The van der Waals surface area contributed by atoms with Crippen molar-refractivity contribution >= 4 is 5.84 Å². The molecule has 0 radical (unpaired) electrons. The Morgan fingerprint density at radius 3 is 2.60 bits per heavy atom. The quantitative estimate of drug-likeness (QED) is 0.601. The van der Waals surface area contributed by atoms with Crippen molar-refractivity contribution in [3.8, 4) is 0 Å². The van der Waals surface area contributed by atoms with Crippen molar-refractivity contribution in [1.82, 2.24) is 0 Å². The molecule has 0 aliphatic carbocycles. The van der Waals surface area contributed by atoms with E-state index in [2.05, 4.69) is 18.8 Å². The molecule has 1 rings (SSSR count). The van der Waals surface area contributed by atoms with E-state index in [1.807, 2.05) is 13.0 Å². The highest BCUT2D eigenvalue weighted by Crippen LogP contribution is 2.08. The molecule has 2 nitrogen and oxygen atoms in total. The Kier molecular flexibility index (Phi) is 3.83. The molecule has 0 aromatic heterocycles. The van der Waals surface area contributed by atoms with Gasteiger partial charge < -0.3 is 5.73 Å². The van der Waals surface area contributed by atoms with E-state index in [1.54, 1.807) is 0 Å². The molecule has 0 atom stereocenters. The lowest BCUT2D eigenvalue weighted by atomic mass is 10.1. The van der Waals surface area contributed by atoms with Gasteiger partial charge in [0.2, 0.25) is 0 Å². The molecular formula is C12H17FN2. The average molecular weight is 208 g/mol. The summed E-state index contributed by atoms with van der Waals surface area (Å²) in [6.45, 7) is 6.63. The molecule has 3 heteroatoms. The van der Waals surface area contributed by atoms with Crippen LogP contribution in [0.15, 0.2) is 23.2 Å². The van der Waals surface area contributed by atoms with Gasteiger partial charge in [0.05, 0.1) is 0 Å². The maximum atomic E-state index is 13.1. The number of nitrogens with zero attached hydrogens (tertiary/aromatic N) is 1. The molecule has 0 aliphatic heterocycles. The lowest BCUT2D eigenvalue weighted by Crippen LogP contribution is -2.15. The Morgan fingerprint density at radius 1 is 1.40 bits per heavy atom. The van der Waals surface area contributed by atoms with Crippen molar-refractivity contribution in [3.63, 3.8) is 0 Å². The van der Waals surface area contributed by atoms with Crippen molar-refractivity contribution in [2.45, 2.75) is 20.8 Å². The zero-order chi connectivity index (χ0) is 11.4. The smallest absolute Gasteiger partial charge is 0.125 e. The lowest BCUT2D eigenvalue weighted by molar-refractivity contribution is 0.626. The third-order valence-corrected chi connectivity index (χ3v) is 1.96. The molecule has 0 saturated carbocycles. The minimum absolute atomic E-state index is 0.271. The summed E-state index contributed by atoms with van der Waals surface area (Å²) in [6, 6.07) is 4.72. The van der Waals surface area contributed by atoms with E-state index < -0.39 is 0 Å². The van der Waals surface area contributed by atoms with Gasteiger partial charge in [-0.15, -0.1) is 0 Å². The normalized spacial score (nSPS) is 12.2. The summed E-state index contributed by atoms with van der Waals surface area (Å²) in [5, 5.41) is 0. The summed E-state index contributed by atoms with van der Waals surface area (Å²) in [6.07, 6.45) is 0. The van der Waals surface area contributed by atoms with Crippen LogP contribution in [0.2, 0.25) is 0 Å². The minimum atomic E-state index is -0.271. The van der Waals surface area contributed by atoms with E-state index in [9.17, 15) is 4.39 Å².